The summed E-state index contributed by atoms with van der Waals surface area (Å²) in [7, 11) is 1.21. The van der Waals surface area contributed by atoms with Gasteiger partial charge in [-0.3, -0.25) is 4.79 Å². The number of esters is 1. The molecule has 1 rings (SSSR count). The maximum Gasteiger partial charge on any atom is 0.372 e. The number of amides is 1. The smallest absolute Gasteiger partial charge is 0.372 e. The third-order valence-electron chi connectivity index (χ3n) is 2.79. The Balaban J connectivity index is 2.57. The number of benzene rings is 1. The van der Waals surface area contributed by atoms with Crippen LogP contribution in [0.4, 0.5) is 4.79 Å². The van der Waals surface area contributed by atoms with Gasteiger partial charge in [0, 0.05) is 12.7 Å². The molecule has 0 aliphatic carbocycles. The first-order chi connectivity index (χ1) is 11.3. The van der Waals surface area contributed by atoms with E-state index in [1.54, 1.807) is 12.1 Å². The van der Waals surface area contributed by atoms with Crippen LogP contribution in [0.3, 0.4) is 0 Å². The van der Waals surface area contributed by atoms with Crippen molar-refractivity contribution in [2.24, 2.45) is 0 Å². The number of thioether (sulfide) groups is 1. The van der Waals surface area contributed by atoms with Crippen LogP contribution < -0.4 is 10.1 Å². The fourth-order valence-electron chi connectivity index (χ4n) is 1.72. The van der Waals surface area contributed by atoms with Crippen LogP contribution in [0, 0.1) is 0 Å². The van der Waals surface area contributed by atoms with Crippen LogP contribution in [0.1, 0.15) is 23.7 Å². The number of aliphatic carboxylic acids is 1. The van der Waals surface area contributed by atoms with Crippen molar-refractivity contribution in [3.63, 3.8) is 0 Å². The molecule has 0 heterocycles. The molecule has 1 aromatic rings. The van der Waals surface area contributed by atoms with Gasteiger partial charge < -0.3 is 19.9 Å². The lowest BCUT2D eigenvalue weighted by Gasteiger charge is -2.12. The van der Waals surface area contributed by atoms with Crippen LogP contribution in [0.5, 0.6) is 5.75 Å². The number of methoxy groups -OCH3 is 1. The minimum Gasteiger partial charge on any atom is -0.480 e. The van der Waals surface area contributed by atoms with Crippen molar-refractivity contribution in [1.82, 2.24) is 5.32 Å². The molecule has 24 heavy (non-hydrogen) atoms. The second kappa shape index (κ2) is 9.56. The molecule has 0 saturated heterocycles. The lowest BCUT2D eigenvalue weighted by Crippen LogP contribution is -2.40. The Kier molecular flexibility index (Phi) is 7.76. The van der Waals surface area contributed by atoms with Gasteiger partial charge in [-0.25, -0.2) is 14.4 Å². The molecule has 0 fully saturated rings. The van der Waals surface area contributed by atoms with E-state index in [2.05, 4.69) is 10.1 Å². The van der Waals surface area contributed by atoms with Crippen molar-refractivity contribution < 1.29 is 33.8 Å². The van der Waals surface area contributed by atoms with E-state index in [4.69, 9.17) is 9.84 Å². The first-order valence-corrected chi connectivity index (χ1v) is 7.85. The molecule has 0 saturated carbocycles. The molecule has 0 unspecified atom stereocenters. The highest BCUT2D eigenvalue weighted by atomic mass is 32.2. The molecule has 0 aliphatic heterocycles. The highest BCUT2D eigenvalue weighted by Gasteiger charge is 2.20. The van der Waals surface area contributed by atoms with Crippen LogP contribution >= 0.6 is 11.8 Å². The van der Waals surface area contributed by atoms with E-state index < -0.39 is 29.2 Å². The Bertz CT molecular complexity index is 632. The standard InChI is InChI=1S/C15H17NO7S/c1-9(17)16-11(13(18)19)7-8-24-15(21)23-12-6-4-3-5-10(12)14(20)22-2/h3-6,11H,7-8H2,1-2H3,(H,16,17)(H,18,19)/t11-/m0/s1. The normalized spacial score (nSPS) is 11.2. The number of nitrogens with one attached hydrogen (secondary N) is 1. The van der Waals surface area contributed by atoms with Crippen LogP contribution in [0.25, 0.3) is 0 Å². The highest BCUT2D eigenvalue weighted by molar-refractivity contribution is 8.13. The summed E-state index contributed by atoms with van der Waals surface area (Å²) >= 11 is 0.744. The fourth-order valence-corrected chi connectivity index (χ4v) is 2.39. The number of hydrogen-bond donors (Lipinski definition) is 2. The Hall–Kier alpha value is -2.55. The summed E-state index contributed by atoms with van der Waals surface area (Å²) in [5.74, 6) is -2.12. The monoisotopic (exact) mass is 355 g/mol. The first kappa shape index (κ1) is 19.5. The topological polar surface area (TPSA) is 119 Å². The second-order valence-electron chi connectivity index (χ2n) is 4.57. The van der Waals surface area contributed by atoms with Gasteiger partial charge in [-0.1, -0.05) is 12.1 Å². The number of carbonyl (C=O) groups is 4. The van der Waals surface area contributed by atoms with Gasteiger partial charge in [0.1, 0.15) is 17.4 Å². The van der Waals surface area contributed by atoms with Gasteiger partial charge in [-0.15, -0.1) is 0 Å². The summed E-state index contributed by atoms with van der Waals surface area (Å²) < 4.78 is 9.67. The van der Waals surface area contributed by atoms with Crippen LogP contribution in [-0.2, 0) is 14.3 Å². The van der Waals surface area contributed by atoms with E-state index in [1.807, 2.05) is 0 Å². The Morgan fingerprint density at radius 3 is 2.50 bits per heavy atom. The number of carboxylic acid groups (broad SMARTS) is 1. The van der Waals surface area contributed by atoms with E-state index >= 15 is 0 Å². The zero-order valence-corrected chi connectivity index (χ0v) is 13.9. The SMILES string of the molecule is COC(=O)c1ccccc1OC(=O)SCC[C@H](NC(C)=O)C(=O)O. The average Bonchev–Trinajstić information content (AvgIpc) is 2.53. The summed E-state index contributed by atoms with van der Waals surface area (Å²) in [5, 5.41) is 10.5. The van der Waals surface area contributed by atoms with Crippen molar-refractivity contribution in [1.29, 1.82) is 0 Å². The summed E-state index contributed by atoms with van der Waals surface area (Å²) in [4.78, 5) is 45.2. The Labute approximate surface area is 142 Å². The Morgan fingerprint density at radius 1 is 1.25 bits per heavy atom. The van der Waals surface area contributed by atoms with Gasteiger partial charge >= 0.3 is 17.2 Å². The Morgan fingerprint density at radius 2 is 1.92 bits per heavy atom. The molecule has 0 aliphatic rings. The van der Waals surface area contributed by atoms with Crippen molar-refractivity contribution in [2.75, 3.05) is 12.9 Å². The lowest BCUT2D eigenvalue weighted by atomic mass is 10.2. The molecule has 1 aromatic carbocycles. The van der Waals surface area contributed by atoms with Gasteiger partial charge in [0.2, 0.25) is 5.91 Å². The van der Waals surface area contributed by atoms with Crippen molar-refractivity contribution >= 4 is 34.9 Å². The third-order valence-corrected chi connectivity index (χ3v) is 3.55. The zero-order valence-electron chi connectivity index (χ0n) is 13.1. The molecular weight excluding hydrogens is 338 g/mol. The van der Waals surface area contributed by atoms with E-state index in [9.17, 15) is 19.2 Å². The number of carboxylic acids is 1. The van der Waals surface area contributed by atoms with Gasteiger partial charge in [-0.2, -0.15) is 0 Å². The quantitative estimate of drug-likeness (QED) is 0.709. The summed E-state index contributed by atoms with van der Waals surface area (Å²) in [6.45, 7) is 1.21. The number of para-hydroxylation sites is 1. The largest absolute Gasteiger partial charge is 0.480 e. The third kappa shape index (κ3) is 6.29. The predicted molar refractivity (Wildman–Crippen MR) is 86.1 cm³/mol. The average molecular weight is 355 g/mol. The molecular formula is C15H17NO7S. The van der Waals surface area contributed by atoms with E-state index in [0.29, 0.717) is 0 Å². The molecule has 2 N–H and O–H groups in total. The molecule has 0 spiro atoms. The zero-order chi connectivity index (χ0) is 18.1. The highest BCUT2D eigenvalue weighted by Crippen LogP contribution is 2.21. The van der Waals surface area contributed by atoms with E-state index in [1.165, 1.54) is 26.2 Å². The van der Waals surface area contributed by atoms with Crippen molar-refractivity contribution in [3.8, 4) is 5.75 Å². The molecule has 0 aromatic heterocycles. The summed E-state index contributed by atoms with van der Waals surface area (Å²) in [6, 6.07) is 5.02. The van der Waals surface area contributed by atoms with Gasteiger partial charge in [-0.05, 0) is 30.3 Å². The van der Waals surface area contributed by atoms with Crippen LogP contribution in [0.15, 0.2) is 24.3 Å². The van der Waals surface area contributed by atoms with Crippen molar-refractivity contribution in [2.45, 2.75) is 19.4 Å². The minimum absolute atomic E-state index is 0.0489. The lowest BCUT2D eigenvalue weighted by molar-refractivity contribution is -0.141. The number of ether oxygens (including phenoxy) is 2. The van der Waals surface area contributed by atoms with Crippen molar-refractivity contribution in [3.05, 3.63) is 29.8 Å². The molecule has 1 atom stereocenters. The number of hydrogen-bond acceptors (Lipinski definition) is 7. The minimum atomic E-state index is -1.18. The molecule has 8 nitrogen and oxygen atoms in total. The van der Waals surface area contributed by atoms with E-state index in [-0.39, 0.29) is 23.5 Å². The van der Waals surface area contributed by atoms with Gasteiger partial charge in [0.25, 0.3) is 0 Å². The molecule has 0 radical (unpaired) electrons. The van der Waals surface area contributed by atoms with Crippen LogP contribution in [0.2, 0.25) is 0 Å². The van der Waals surface area contributed by atoms with Gasteiger partial charge in [0.05, 0.1) is 7.11 Å². The maximum atomic E-state index is 11.8. The molecule has 130 valence electrons. The molecule has 1 amide bonds. The number of carbonyl (C=O) groups excluding carboxylic acids is 3. The van der Waals surface area contributed by atoms with Gasteiger partial charge in [0.15, 0.2) is 0 Å². The summed E-state index contributed by atoms with van der Waals surface area (Å²) in [5.41, 5.74) is 0.107. The molecule has 0 bridgehead atoms. The maximum absolute atomic E-state index is 11.8. The second-order valence-corrected chi connectivity index (χ2v) is 5.60. The first-order valence-electron chi connectivity index (χ1n) is 6.87. The van der Waals surface area contributed by atoms with Crippen LogP contribution in [-0.4, -0.2) is 47.2 Å². The fraction of sp³-hybridized carbons (Fsp3) is 0.333. The predicted octanol–water partition coefficient (Wildman–Crippen LogP) is 1.68. The molecule has 9 heteroatoms. The summed E-state index contributed by atoms with van der Waals surface area (Å²) in [6.07, 6.45) is 0.0489. The van der Waals surface area contributed by atoms with E-state index in [0.717, 1.165) is 11.8 Å². The number of rotatable bonds is 7.